The Bertz CT molecular complexity index is 841. The second-order valence-electron chi connectivity index (χ2n) is 6.26. The van der Waals surface area contributed by atoms with Crippen molar-refractivity contribution in [2.75, 3.05) is 18.4 Å². The number of likely N-dealkylation sites (tertiary alicyclic amines) is 1. The lowest BCUT2D eigenvalue weighted by Crippen LogP contribution is -2.27. The molecule has 142 valence electrons. The average molecular weight is 452 g/mol. The Balaban J connectivity index is 1.59. The molecule has 2 aromatic rings. The normalized spacial score (nSPS) is 14.9. The maximum absolute atomic E-state index is 13.8. The van der Waals surface area contributed by atoms with Crippen LogP contribution in [0.15, 0.2) is 46.0 Å². The summed E-state index contributed by atoms with van der Waals surface area (Å²) in [6.45, 7) is 3.31. The number of nitrogens with zero attached hydrogens (tertiary/aromatic N) is 2. The first-order valence-corrected chi connectivity index (χ1v) is 10.3. The topological polar surface area (TPSA) is 62.3 Å². The molecule has 1 fully saturated rings. The van der Waals surface area contributed by atoms with Crippen LogP contribution < -0.4 is 5.32 Å². The highest BCUT2D eigenvalue weighted by molar-refractivity contribution is 9.10. The third kappa shape index (κ3) is 5.07. The quantitative estimate of drug-likeness (QED) is 0.686. The van der Waals surface area contributed by atoms with Crippen LogP contribution in [0.5, 0.6) is 0 Å². The van der Waals surface area contributed by atoms with Crippen LogP contribution in [-0.4, -0.2) is 40.0 Å². The largest absolute Gasteiger partial charge is 0.339 e. The van der Waals surface area contributed by atoms with E-state index in [0.717, 1.165) is 25.9 Å². The zero-order valence-corrected chi connectivity index (χ0v) is 17.1. The van der Waals surface area contributed by atoms with Gasteiger partial charge >= 0.3 is 0 Å². The van der Waals surface area contributed by atoms with Gasteiger partial charge in [-0.1, -0.05) is 27.7 Å². The minimum Gasteiger partial charge on any atom is -0.339 e. The van der Waals surface area contributed by atoms with Crippen molar-refractivity contribution in [2.45, 2.75) is 30.0 Å². The highest BCUT2D eigenvalue weighted by Crippen LogP contribution is 2.25. The Kier molecular flexibility index (Phi) is 6.49. The van der Waals surface area contributed by atoms with Gasteiger partial charge in [-0.15, -0.1) is 0 Å². The van der Waals surface area contributed by atoms with E-state index in [1.54, 1.807) is 31.3 Å². The molecule has 0 spiro atoms. The van der Waals surface area contributed by atoms with Crippen LogP contribution in [0.1, 0.15) is 30.1 Å². The average Bonchev–Trinajstić information content (AvgIpc) is 3.18. The van der Waals surface area contributed by atoms with Crippen LogP contribution in [0.25, 0.3) is 0 Å². The predicted octanol–water partition coefficient (Wildman–Crippen LogP) is 4.34. The van der Waals surface area contributed by atoms with Crippen molar-refractivity contribution in [3.05, 3.63) is 52.4 Å². The molecule has 5 nitrogen and oxygen atoms in total. The molecule has 3 rings (SSSR count). The molecule has 2 heterocycles. The van der Waals surface area contributed by atoms with Gasteiger partial charge in [0.2, 0.25) is 5.91 Å². The summed E-state index contributed by atoms with van der Waals surface area (Å²) in [7, 11) is 0. The minimum absolute atomic E-state index is 0.00643. The van der Waals surface area contributed by atoms with Crippen molar-refractivity contribution in [1.82, 2.24) is 9.88 Å². The Hall–Kier alpha value is -1.93. The van der Waals surface area contributed by atoms with E-state index in [0.29, 0.717) is 15.1 Å². The first-order chi connectivity index (χ1) is 12.9. The van der Waals surface area contributed by atoms with Crippen molar-refractivity contribution in [3.8, 4) is 0 Å². The molecule has 1 saturated heterocycles. The predicted molar refractivity (Wildman–Crippen MR) is 107 cm³/mol. The molecule has 1 unspecified atom stereocenters. The lowest BCUT2D eigenvalue weighted by molar-refractivity contribution is -0.115. The number of hydrogen-bond donors (Lipinski definition) is 1. The molecule has 0 bridgehead atoms. The number of hydrogen-bond acceptors (Lipinski definition) is 4. The number of pyridine rings is 1. The van der Waals surface area contributed by atoms with Gasteiger partial charge < -0.3 is 10.2 Å². The van der Waals surface area contributed by atoms with Gasteiger partial charge in [-0.2, -0.15) is 0 Å². The number of carbonyl (C=O) groups excluding carboxylic acids is 2. The summed E-state index contributed by atoms with van der Waals surface area (Å²) in [5.41, 5.74) is 0.686. The lowest BCUT2D eigenvalue weighted by atomic mass is 10.2. The number of thioether (sulfide) groups is 1. The van der Waals surface area contributed by atoms with E-state index < -0.39 is 11.1 Å². The van der Waals surface area contributed by atoms with E-state index in [2.05, 4.69) is 26.2 Å². The van der Waals surface area contributed by atoms with Crippen molar-refractivity contribution in [1.29, 1.82) is 0 Å². The molecule has 0 radical (unpaired) electrons. The third-order valence-electron chi connectivity index (χ3n) is 4.23. The minimum atomic E-state index is -0.502. The van der Waals surface area contributed by atoms with E-state index in [1.165, 1.54) is 23.9 Å². The molecule has 1 N–H and O–H groups in total. The van der Waals surface area contributed by atoms with Gasteiger partial charge in [0.05, 0.1) is 21.5 Å². The molecule has 2 amide bonds. The molecular weight excluding hydrogens is 433 g/mol. The maximum Gasteiger partial charge on any atom is 0.255 e. The van der Waals surface area contributed by atoms with Crippen LogP contribution in [-0.2, 0) is 4.79 Å². The van der Waals surface area contributed by atoms with Crippen LogP contribution in [0.4, 0.5) is 10.1 Å². The maximum atomic E-state index is 13.8. The molecule has 0 aliphatic carbocycles. The Morgan fingerprint density at radius 1 is 1.26 bits per heavy atom. The number of benzene rings is 1. The number of anilines is 1. The summed E-state index contributed by atoms with van der Waals surface area (Å²) in [6, 6.07) is 7.93. The number of amides is 2. The van der Waals surface area contributed by atoms with Crippen molar-refractivity contribution in [2.24, 2.45) is 0 Å². The zero-order chi connectivity index (χ0) is 19.4. The van der Waals surface area contributed by atoms with Gasteiger partial charge in [-0.25, -0.2) is 9.37 Å². The lowest BCUT2D eigenvalue weighted by Gasteiger charge is -2.15. The summed E-state index contributed by atoms with van der Waals surface area (Å²) < 4.78 is 14.5. The van der Waals surface area contributed by atoms with Gasteiger partial charge in [-0.05, 0) is 50.1 Å². The highest BCUT2D eigenvalue weighted by Gasteiger charge is 2.21. The standard InChI is InChI=1S/C19H19BrFN3O2S/c1-12(18(25)23-16-6-5-14(20)10-15(16)21)27-17-7-4-13(11-22-17)19(26)24-8-2-3-9-24/h4-7,10-12H,2-3,8-9H2,1H3,(H,23,25). The molecule has 27 heavy (non-hydrogen) atoms. The van der Waals surface area contributed by atoms with E-state index in [1.807, 2.05) is 4.90 Å². The monoisotopic (exact) mass is 451 g/mol. The van der Waals surface area contributed by atoms with Gasteiger partial charge in [-0.3, -0.25) is 9.59 Å². The summed E-state index contributed by atoms with van der Waals surface area (Å²) in [4.78, 5) is 30.7. The second-order valence-corrected chi connectivity index (χ2v) is 8.53. The molecular formula is C19H19BrFN3O2S. The summed E-state index contributed by atoms with van der Waals surface area (Å²) in [5.74, 6) is -0.828. The number of nitrogens with one attached hydrogen (secondary N) is 1. The molecule has 1 aromatic heterocycles. The van der Waals surface area contributed by atoms with Gasteiger partial charge in [0.15, 0.2) is 0 Å². The zero-order valence-electron chi connectivity index (χ0n) is 14.7. The molecule has 1 atom stereocenters. The molecule has 1 aliphatic rings. The SMILES string of the molecule is CC(Sc1ccc(C(=O)N2CCCC2)cn1)C(=O)Nc1ccc(Br)cc1F. The Morgan fingerprint density at radius 3 is 2.63 bits per heavy atom. The fourth-order valence-corrected chi connectivity index (χ4v) is 3.86. The van der Waals surface area contributed by atoms with Gasteiger partial charge in [0.25, 0.3) is 5.91 Å². The Labute approximate surface area is 169 Å². The number of halogens is 2. The molecule has 1 aromatic carbocycles. The van der Waals surface area contributed by atoms with Gasteiger partial charge in [0.1, 0.15) is 5.82 Å². The van der Waals surface area contributed by atoms with Gasteiger partial charge in [0, 0.05) is 23.8 Å². The van der Waals surface area contributed by atoms with E-state index in [9.17, 15) is 14.0 Å². The number of rotatable bonds is 5. The Morgan fingerprint density at radius 2 is 2.00 bits per heavy atom. The van der Waals surface area contributed by atoms with E-state index in [4.69, 9.17) is 0 Å². The molecule has 1 aliphatic heterocycles. The highest BCUT2D eigenvalue weighted by atomic mass is 79.9. The van der Waals surface area contributed by atoms with Crippen molar-refractivity contribution < 1.29 is 14.0 Å². The first-order valence-electron chi connectivity index (χ1n) is 8.62. The van der Waals surface area contributed by atoms with Crippen LogP contribution in [0.2, 0.25) is 0 Å². The number of carbonyl (C=O) groups is 2. The number of aromatic nitrogens is 1. The van der Waals surface area contributed by atoms with Crippen LogP contribution >= 0.6 is 27.7 Å². The first kappa shape index (κ1) is 19.8. The van der Waals surface area contributed by atoms with Crippen LogP contribution in [0, 0.1) is 5.82 Å². The third-order valence-corrected chi connectivity index (χ3v) is 5.78. The fraction of sp³-hybridized carbons (Fsp3) is 0.316. The summed E-state index contributed by atoms with van der Waals surface area (Å²) in [5, 5.41) is 2.74. The van der Waals surface area contributed by atoms with Crippen molar-refractivity contribution >= 4 is 45.2 Å². The molecule has 8 heteroatoms. The fourth-order valence-electron chi connectivity index (χ4n) is 2.74. The second kappa shape index (κ2) is 8.84. The summed E-state index contributed by atoms with van der Waals surface area (Å²) >= 11 is 4.43. The molecule has 0 saturated carbocycles. The smallest absolute Gasteiger partial charge is 0.255 e. The van der Waals surface area contributed by atoms with Crippen molar-refractivity contribution in [3.63, 3.8) is 0 Å². The van der Waals surface area contributed by atoms with E-state index >= 15 is 0 Å². The van der Waals surface area contributed by atoms with Crippen LogP contribution in [0.3, 0.4) is 0 Å². The summed E-state index contributed by atoms with van der Waals surface area (Å²) in [6.07, 6.45) is 3.62. The van der Waals surface area contributed by atoms with E-state index in [-0.39, 0.29) is 17.5 Å².